The number of hydrogen-bond acceptors (Lipinski definition) is 4. The van der Waals surface area contributed by atoms with E-state index >= 15 is 0 Å². The van der Waals surface area contributed by atoms with Gasteiger partial charge < -0.3 is 4.74 Å². The number of nitrogens with one attached hydrogen (secondary N) is 2. The summed E-state index contributed by atoms with van der Waals surface area (Å²) in [5.74, 6) is -0.551. The second kappa shape index (κ2) is 8.03. The minimum atomic E-state index is -0.549. The number of amides is 2. The van der Waals surface area contributed by atoms with Crippen molar-refractivity contribution in [2.75, 3.05) is 0 Å². The molecule has 3 aromatic carbocycles. The monoisotopic (exact) mass is 422 g/mol. The molecule has 0 saturated carbocycles. The first-order valence-corrected chi connectivity index (χ1v) is 9.57. The van der Waals surface area contributed by atoms with Gasteiger partial charge in [-0.1, -0.05) is 54.1 Å². The molecule has 0 spiro atoms. The van der Waals surface area contributed by atoms with Gasteiger partial charge in [0.2, 0.25) is 0 Å². The number of benzene rings is 3. The summed E-state index contributed by atoms with van der Waals surface area (Å²) in [7, 11) is 0. The van der Waals surface area contributed by atoms with Crippen LogP contribution in [0.25, 0.3) is 16.8 Å². The van der Waals surface area contributed by atoms with Crippen LogP contribution in [0.5, 0.6) is 5.75 Å². The summed E-state index contributed by atoms with van der Waals surface area (Å²) < 4.78 is 6.03. The van der Waals surface area contributed by atoms with Crippen LogP contribution in [-0.4, -0.2) is 16.9 Å². The Morgan fingerprint density at radius 3 is 2.48 bits per heavy atom. The molecular weight excluding hydrogens is 408 g/mol. The summed E-state index contributed by atoms with van der Waals surface area (Å²) >= 11 is 10.9. The first kappa shape index (κ1) is 19.1. The average Bonchev–Trinajstić information content (AvgIpc) is 2.69. The smallest absolute Gasteiger partial charge is 0.263 e. The van der Waals surface area contributed by atoms with Gasteiger partial charge >= 0.3 is 0 Å². The fraction of sp³-hybridized carbons (Fsp3) is 0.0455. The van der Waals surface area contributed by atoms with E-state index in [4.69, 9.17) is 28.6 Å². The molecule has 29 heavy (non-hydrogen) atoms. The minimum absolute atomic E-state index is 0.00694. The number of rotatable bonds is 4. The molecule has 3 aromatic rings. The van der Waals surface area contributed by atoms with Crippen molar-refractivity contribution in [3.63, 3.8) is 0 Å². The third-order valence-corrected chi connectivity index (χ3v) is 4.89. The Labute approximate surface area is 177 Å². The molecule has 7 heteroatoms. The van der Waals surface area contributed by atoms with Crippen molar-refractivity contribution in [2.45, 2.75) is 6.61 Å². The molecular formula is C22H15ClN2O3S. The van der Waals surface area contributed by atoms with Gasteiger partial charge in [0.15, 0.2) is 5.11 Å². The second-order valence-electron chi connectivity index (χ2n) is 6.41. The highest BCUT2D eigenvalue weighted by atomic mass is 35.5. The van der Waals surface area contributed by atoms with E-state index < -0.39 is 11.8 Å². The van der Waals surface area contributed by atoms with Gasteiger partial charge in [0.05, 0.1) is 0 Å². The summed E-state index contributed by atoms with van der Waals surface area (Å²) in [5.41, 5.74) is 1.50. The van der Waals surface area contributed by atoms with E-state index in [9.17, 15) is 9.59 Å². The summed E-state index contributed by atoms with van der Waals surface area (Å²) in [5, 5.41) is 7.33. The van der Waals surface area contributed by atoms with Gasteiger partial charge in [-0.2, -0.15) is 0 Å². The van der Waals surface area contributed by atoms with Crippen LogP contribution in [0.2, 0.25) is 5.02 Å². The molecule has 0 radical (unpaired) electrons. The van der Waals surface area contributed by atoms with Gasteiger partial charge in [0, 0.05) is 10.6 Å². The Morgan fingerprint density at radius 2 is 1.72 bits per heavy atom. The molecule has 0 bridgehead atoms. The van der Waals surface area contributed by atoms with Crippen molar-refractivity contribution in [2.24, 2.45) is 0 Å². The predicted molar refractivity (Wildman–Crippen MR) is 117 cm³/mol. The van der Waals surface area contributed by atoms with Crippen LogP contribution in [0.4, 0.5) is 0 Å². The standard InChI is InChI=1S/C22H15ClN2O3S/c23-15-6-3-4-13(10-15)12-28-19-9-8-14-5-1-2-7-16(14)17(19)11-18-20(26)24-22(29)25-21(18)27/h1-11H,12H2,(H2,24,25,26,27,29). The number of hydrogen-bond donors (Lipinski definition) is 2. The quantitative estimate of drug-likeness (QED) is 0.379. The van der Waals surface area contributed by atoms with Gasteiger partial charge in [-0.25, -0.2) is 0 Å². The van der Waals surface area contributed by atoms with Gasteiger partial charge in [0.1, 0.15) is 17.9 Å². The van der Waals surface area contributed by atoms with Crippen LogP contribution in [0.1, 0.15) is 11.1 Å². The van der Waals surface area contributed by atoms with E-state index in [2.05, 4.69) is 10.6 Å². The SMILES string of the molecule is O=C1NC(=S)NC(=O)C1=Cc1c(OCc2cccc(Cl)c2)ccc2ccccc12. The molecule has 0 unspecified atom stereocenters. The Kier molecular flexibility index (Phi) is 5.29. The number of ether oxygens (including phenoxy) is 1. The van der Waals surface area contributed by atoms with E-state index in [0.29, 0.717) is 16.3 Å². The molecule has 1 aliphatic rings. The molecule has 1 saturated heterocycles. The first-order chi connectivity index (χ1) is 14.0. The van der Waals surface area contributed by atoms with Crippen LogP contribution in [0.3, 0.4) is 0 Å². The summed E-state index contributed by atoms with van der Waals surface area (Å²) in [6, 6.07) is 18.8. The van der Waals surface area contributed by atoms with Crippen molar-refractivity contribution in [1.82, 2.24) is 10.6 Å². The summed E-state index contributed by atoms with van der Waals surface area (Å²) in [4.78, 5) is 24.6. The van der Waals surface area contributed by atoms with Gasteiger partial charge in [-0.15, -0.1) is 0 Å². The highest BCUT2D eigenvalue weighted by molar-refractivity contribution is 7.80. The minimum Gasteiger partial charge on any atom is -0.488 e. The molecule has 144 valence electrons. The number of halogens is 1. The Balaban J connectivity index is 1.77. The van der Waals surface area contributed by atoms with Crippen LogP contribution < -0.4 is 15.4 Å². The zero-order valence-corrected chi connectivity index (χ0v) is 16.6. The van der Waals surface area contributed by atoms with Crippen LogP contribution >= 0.6 is 23.8 Å². The zero-order chi connectivity index (χ0) is 20.4. The summed E-state index contributed by atoms with van der Waals surface area (Å²) in [6.07, 6.45) is 1.53. The number of thiocarbonyl (C=S) groups is 1. The van der Waals surface area contributed by atoms with Gasteiger partial charge in [0.25, 0.3) is 11.8 Å². The van der Waals surface area contributed by atoms with E-state index in [1.807, 2.05) is 54.6 Å². The number of carbonyl (C=O) groups is 2. The number of fused-ring (bicyclic) bond motifs is 1. The molecule has 4 rings (SSSR count). The topological polar surface area (TPSA) is 67.4 Å². The molecule has 1 aliphatic heterocycles. The molecule has 1 heterocycles. The van der Waals surface area contributed by atoms with Crippen molar-refractivity contribution in [1.29, 1.82) is 0 Å². The molecule has 2 N–H and O–H groups in total. The fourth-order valence-electron chi connectivity index (χ4n) is 3.09. The lowest BCUT2D eigenvalue weighted by Crippen LogP contribution is -2.51. The lowest BCUT2D eigenvalue weighted by molar-refractivity contribution is -0.123. The van der Waals surface area contributed by atoms with Crippen LogP contribution in [0, 0.1) is 0 Å². The Hall–Kier alpha value is -3.22. The van der Waals surface area contributed by atoms with Crippen molar-refractivity contribution in [3.8, 4) is 5.75 Å². The first-order valence-electron chi connectivity index (χ1n) is 8.78. The molecule has 5 nitrogen and oxygen atoms in total. The van der Waals surface area contributed by atoms with Crippen LogP contribution in [0.15, 0.2) is 66.2 Å². The zero-order valence-electron chi connectivity index (χ0n) is 15.1. The van der Waals surface area contributed by atoms with Crippen molar-refractivity contribution < 1.29 is 14.3 Å². The van der Waals surface area contributed by atoms with E-state index in [1.165, 1.54) is 6.08 Å². The maximum absolute atomic E-state index is 12.3. The normalized spacial score (nSPS) is 13.8. The maximum atomic E-state index is 12.3. The highest BCUT2D eigenvalue weighted by Gasteiger charge is 2.26. The van der Waals surface area contributed by atoms with Crippen molar-refractivity contribution in [3.05, 3.63) is 82.4 Å². The second-order valence-corrected chi connectivity index (χ2v) is 7.26. The maximum Gasteiger partial charge on any atom is 0.263 e. The fourth-order valence-corrected chi connectivity index (χ4v) is 3.49. The van der Waals surface area contributed by atoms with Crippen LogP contribution in [-0.2, 0) is 16.2 Å². The highest BCUT2D eigenvalue weighted by Crippen LogP contribution is 2.31. The third-order valence-electron chi connectivity index (χ3n) is 4.45. The largest absolute Gasteiger partial charge is 0.488 e. The van der Waals surface area contributed by atoms with Gasteiger partial charge in [-0.05, 0) is 52.8 Å². The molecule has 0 aliphatic carbocycles. The molecule has 1 fully saturated rings. The Bertz CT molecular complexity index is 1170. The number of carbonyl (C=O) groups excluding carboxylic acids is 2. The van der Waals surface area contributed by atoms with E-state index in [-0.39, 0.29) is 17.3 Å². The molecule has 2 amide bonds. The van der Waals surface area contributed by atoms with Crippen molar-refractivity contribution >= 4 is 57.6 Å². The predicted octanol–water partition coefficient (Wildman–Crippen LogP) is 3.99. The lowest BCUT2D eigenvalue weighted by Gasteiger charge is -2.18. The molecule has 0 atom stereocenters. The third kappa shape index (κ3) is 4.13. The van der Waals surface area contributed by atoms with E-state index in [0.717, 1.165) is 16.3 Å². The Morgan fingerprint density at radius 1 is 0.966 bits per heavy atom. The average molecular weight is 423 g/mol. The van der Waals surface area contributed by atoms with Gasteiger partial charge in [-0.3, -0.25) is 20.2 Å². The molecule has 0 aromatic heterocycles. The summed E-state index contributed by atoms with van der Waals surface area (Å²) in [6.45, 7) is 0.289. The lowest BCUT2D eigenvalue weighted by atomic mass is 10.00. The van der Waals surface area contributed by atoms with E-state index in [1.54, 1.807) is 6.07 Å².